The summed E-state index contributed by atoms with van der Waals surface area (Å²) in [6, 6.07) is 0. The van der Waals surface area contributed by atoms with Crippen LogP contribution in [0.2, 0.25) is 0 Å². The smallest absolute Gasteiger partial charge is 0.236 e. The van der Waals surface area contributed by atoms with E-state index in [0.717, 1.165) is 0 Å². The van der Waals surface area contributed by atoms with Crippen molar-refractivity contribution in [2.24, 2.45) is 0 Å². The van der Waals surface area contributed by atoms with Crippen molar-refractivity contribution in [3.63, 3.8) is 0 Å². The number of hydrogen-bond donors (Lipinski definition) is 0. The molecule has 5 heteroatoms. The maximum atomic E-state index is 11.9. The van der Waals surface area contributed by atoms with Crippen LogP contribution in [-0.4, -0.2) is 16.3 Å². The molecule has 0 aromatic rings. The van der Waals surface area contributed by atoms with Gasteiger partial charge < -0.3 is 0 Å². The van der Waals surface area contributed by atoms with Gasteiger partial charge in [0.2, 0.25) is 6.17 Å². The summed E-state index contributed by atoms with van der Waals surface area (Å²) in [4.78, 5) is 0. The van der Waals surface area contributed by atoms with Gasteiger partial charge in [0.05, 0.1) is 0 Å². The van der Waals surface area contributed by atoms with Crippen LogP contribution in [0.15, 0.2) is 0 Å². The largest absolute Gasteiger partial charge is 0.420 e. The van der Waals surface area contributed by atoms with Gasteiger partial charge in [-0.25, -0.2) is 4.39 Å². The summed E-state index contributed by atoms with van der Waals surface area (Å²) in [6.45, 7) is 1.18. The van der Waals surface area contributed by atoms with Crippen LogP contribution in [0, 0.1) is 0 Å². The molecule has 0 bridgehead atoms. The molecule has 0 aromatic carbocycles. The standard InChI is InChI=1S/C4H5F4I/c1-2(9)3(5)4(6,7)8/h2-3H,1H3/t2-,3-/m1/s1. The molecule has 0 radical (unpaired) electrons. The molecule has 0 amide bonds. The Balaban J connectivity index is 3.88. The van der Waals surface area contributed by atoms with E-state index < -0.39 is 16.3 Å². The number of rotatable bonds is 1. The molecule has 0 aliphatic heterocycles. The van der Waals surface area contributed by atoms with E-state index in [1.807, 2.05) is 0 Å². The SMILES string of the molecule is C[C@@H](I)[C@@H](F)C(F)(F)F. The second-order valence-corrected chi connectivity index (χ2v) is 3.59. The second kappa shape index (κ2) is 3.03. The fourth-order valence-electron chi connectivity index (χ4n) is 0.260. The summed E-state index contributed by atoms with van der Waals surface area (Å²) < 4.78 is 44.8. The fraction of sp³-hybridized carbons (Fsp3) is 1.00. The van der Waals surface area contributed by atoms with Crippen molar-refractivity contribution >= 4 is 22.6 Å². The first-order valence-electron chi connectivity index (χ1n) is 2.20. The molecule has 0 saturated carbocycles. The lowest BCUT2D eigenvalue weighted by molar-refractivity contribution is -0.177. The Bertz CT molecular complexity index is 87.1. The van der Waals surface area contributed by atoms with Gasteiger partial charge in [-0.3, -0.25) is 0 Å². The Morgan fingerprint density at radius 1 is 1.33 bits per heavy atom. The van der Waals surface area contributed by atoms with Gasteiger partial charge in [-0.15, -0.1) is 0 Å². The van der Waals surface area contributed by atoms with E-state index >= 15 is 0 Å². The highest BCUT2D eigenvalue weighted by atomic mass is 127. The molecule has 2 atom stereocenters. The highest BCUT2D eigenvalue weighted by Crippen LogP contribution is 2.28. The summed E-state index contributed by atoms with van der Waals surface area (Å²) in [6.07, 6.45) is -7.39. The lowest BCUT2D eigenvalue weighted by Crippen LogP contribution is -2.30. The predicted octanol–water partition coefficient (Wildman–Crippen LogP) is 2.71. The van der Waals surface area contributed by atoms with Crippen molar-refractivity contribution in [1.29, 1.82) is 0 Å². The van der Waals surface area contributed by atoms with E-state index in [1.54, 1.807) is 0 Å². The number of alkyl halides is 5. The first kappa shape index (κ1) is 9.45. The molecule has 0 unspecified atom stereocenters. The molecular weight excluding hydrogens is 251 g/mol. The zero-order chi connectivity index (χ0) is 7.65. The van der Waals surface area contributed by atoms with Crippen molar-refractivity contribution in [3.8, 4) is 0 Å². The molecule has 0 nitrogen and oxygen atoms in total. The third-order valence-electron chi connectivity index (χ3n) is 0.716. The average Bonchev–Trinajstić information content (AvgIpc) is 1.62. The van der Waals surface area contributed by atoms with E-state index in [-0.39, 0.29) is 0 Å². The highest BCUT2D eigenvalue weighted by molar-refractivity contribution is 14.1. The molecule has 0 aliphatic carbocycles. The molecule has 0 saturated heterocycles. The van der Waals surface area contributed by atoms with Crippen LogP contribution in [0.1, 0.15) is 6.92 Å². The lowest BCUT2D eigenvalue weighted by Gasteiger charge is -2.13. The zero-order valence-electron chi connectivity index (χ0n) is 4.54. The zero-order valence-corrected chi connectivity index (χ0v) is 6.70. The Morgan fingerprint density at radius 3 is 1.67 bits per heavy atom. The van der Waals surface area contributed by atoms with E-state index in [0.29, 0.717) is 0 Å². The van der Waals surface area contributed by atoms with Gasteiger partial charge in [-0.05, 0) is 0 Å². The molecule has 0 fully saturated rings. The van der Waals surface area contributed by atoms with Gasteiger partial charge in [-0.2, -0.15) is 13.2 Å². The van der Waals surface area contributed by atoms with Crippen LogP contribution in [0.5, 0.6) is 0 Å². The summed E-state index contributed by atoms with van der Waals surface area (Å²) in [5, 5.41) is 0. The van der Waals surface area contributed by atoms with E-state index in [1.165, 1.54) is 29.5 Å². The monoisotopic (exact) mass is 256 g/mol. The van der Waals surface area contributed by atoms with Gasteiger partial charge >= 0.3 is 6.18 Å². The number of halogens is 5. The first-order valence-corrected chi connectivity index (χ1v) is 3.45. The highest BCUT2D eigenvalue weighted by Gasteiger charge is 2.42. The minimum atomic E-state index is -4.69. The molecule has 9 heavy (non-hydrogen) atoms. The fourth-order valence-corrected chi connectivity index (χ4v) is 0.668. The van der Waals surface area contributed by atoms with Crippen molar-refractivity contribution in [1.82, 2.24) is 0 Å². The molecule has 0 N–H and O–H groups in total. The van der Waals surface area contributed by atoms with Crippen molar-refractivity contribution in [2.45, 2.75) is 23.2 Å². The van der Waals surface area contributed by atoms with Crippen molar-refractivity contribution < 1.29 is 17.6 Å². The molecule has 56 valence electrons. The molecular formula is C4H5F4I. The van der Waals surface area contributed by atoms with Crippen molar-refractivity contribution in [3.05, 3.63) is 0 Å². The molecule has 0 aromatic heterocycles. The summed E-state index contributed by atoms with van der Waals surface area (Å²) in [5.41, 5.74) is 0. The molecule has 0 rings (SSSR count). The molecule has 0 heterocycles. The molecule has 0 aliphatic rings. The maximum absolute atomic E-state index is 11.9. The van der Waals surface area contributed by atoms with Gasteiger partial charge in [0.25, 0.3) is 0 Å². The quantitative estimate of drug-likeness (QED) is 0.384. The Hall–Kier alpha value is 0.450. The van der Waals surface area contributed by atoms with Crippen LogP contribution >= 0.6 is 22.6 Å². The van der Waals surface area contributed by atoms with Gasteiger partial charge in [-0.1, -0.05) is 29.5 Å². The van der Waals surface area contributed by atoms with Crippen LogP contribution in [0.25, 0.3) is 0 Å². The van der Waals surface area contributed by atoms with Gasteiger partial charge in [0, 0.05) is 3.92 Å². The minimum Gasteiger partial charge on any atom is -0.236 e. The number of hydrogen-bond acceptors (Lipinski definition) is 0. The third-order valence-corrected chi connectivity index (χ3v) is 1.35. The normalized spacial score (nSPS) is 19.3. The van der Waals surface area contributed by atoms with E-state index in [2.05, 4.69) is 0 Å². The summed E-state index contributed by atoms with van der Waals surface area (Å²) in [7, 11) is 0. The van der Waals surface area contributed by atoms with Crippen LogP contribution < -0.4 is 0 Å². The summed E-state index contributed by atoms with van der Waals surface area (Å²) in [5.74, 6) is 0. The van der Waals surface area contributed by atoms with Crippen LogP contribution in [-0.2, 0) is 0 Å². The average molecular weight is 256 g/mol. The Morgan fingerprint density at radius 2 is 1.67 bits per heavy atom. The predicted molar refractivity (Wildman–Crippen MR) is 34.4 cm³/mol. The van der Waals surface area contributed by atoms with Crippen LogP contribution in [0.4, 0.5) is 17.6 Å². The Kier molecular flexibility index (Phi) is 3.18. The van der Waals surface area contributed by atoms with Gasteiger partial charge in [0.15, 0.2) is 0 Å². The van der Waals surface area contributed by atoms with Crippen molar-refractivity contribution in [2.75, 3.05) is 0 Å². The van der Waals surface area contributed by atoms with E-state index in [4.69, 9.17) is 0 Å². The third kappa shape index (κ3) is 3.22. The van der Waals surface area contributed by atoms with E-state index in [9.17, 15) is 17.6 Å². The topological polar surface area (TPSA) is 0 Å². The minimum absolute atomic E-state index is 1.01. The lowest BCUT2D eigenvalue weighted by atomic mass is 10.3. The summed E-state index contributed by atoms with van der Waals surface area (Å²) >= 11 is 1.40. The molecule has 0 spiro atoms. The second-order valence-electron chi connectivity index (χ2n) is 1.62. The Labute approximate surface area is 63.8 Å². The van der Waals surface area contributed by atoms with Crippen LogP contribution in [0.3, 0.4) is 0 Å². The van der Waals surface area contributed by atoms with Gasteiger partial charge in [0.1, 0.15) is 0 Å². The first-order chi connectivity index (χ1) is 3.85. The maximum Gasteiger partial charge on any atom is 0.420 e.